The number of imidazole rings is 1. The average Bonchev–Trinajstić information content (AvgIpc) is 2.46. The second-order valence-electron chi connectivity index (χ2n) is 2.43. The predicted molar refractivity (Wildman–Crippen MR) is 45.8 cm³/mol. The van der Waals surface area contributed by atoms with Crippen LogP contribution in [0, 0.1) is 0 Å². The van der Waals surface area contributed by atoms with Gasteiger partial charge in [0, 0.05) is 6.54 Å². The van der Waals surface area contributed by atoms with E-state index in [4.69, 9.17) is 0 Å². The lowest BCUT2D eigenvalue weighted by atomic mass is 10.5. The average molecular weight is 205 g/mol. The molecule has 0 aliphatic heterocycles. The second-order valence-corrected chi connectivity index (χ2v) is 3.65. The van der Waals surface area contributed by atoms with E-state index in [0.29, 0.717) is 12.2 Å². The molecule has 1 aromatic rings. The molecular weight excluding hydrogens is 194 g/mol. The minimum atomic E-state index is -3.87. The molecule has 13 heavy (non-hydrogen) atoms. The Labute approximate surface area is 76.6 Å². The van der Waals surface area contributed by atoms with E-state index in [0.717, 1.165) is 0 Å². The zero-order valence-corrected chi connectivity index (χ0v) is 7.99. The second kappa shape index (κ2) is 3.86. The summed E-state index contributed by atoms with van der Waals surface area (Å²) in [7, 11) is -3.87. The smallest absolute Gasteiger partial charge is 0.333 e. The highest BCUT2D eigenvalue weighted by atomic mass is 32.2. The first-order chi connectivity index (χ1) is 6.03. The summed E-state index contributed by atoms with van der Waals surface area (Å²) in [6.45, 7) is 2.55. The minimum absolute atomic E-state index is 0.0767. The monoisotopic (exact) mass is 205 g/mol. The van der Waals surface area contributed by atoms with Crippen LogP contribution in [0.4, 0.5) is 0 Å². The van der Waals surface area contributed by atoms with Crippen molar-refractivity contribution in [1.82, 2.24) is 9.55 Å². The van der Waals surface area contributed by atoms with Crippen molar-refractivity contribution in [3.05, 3.63) is 18.2 Å². The van der Waals surface area contributed by atoms with Crippen LogP contribution in [0.2, 0.25) is 0 Å². The van der Waals surface area contributed by atoms with Gasteiger partial charge in [-0.2, -0.15) is 8.42 Å². The Kier molecular flexibility index (Phi) is 3.02. The molecule has 0 saturated carbocycles. The zero-order chi connectivity index (χ0) is 9.90. The first-order valence-electron chi connectivity index (χ1n) is 3.69. The zero-order valence-electron chi connectivity index (χ0n) is 7.17. The third-order valence-electron chi connectivity index (χ3n) is 1.51. The van der Waals surface area contributed by atoms with E-state index in [9.17, 15) is 8.42 Å². The van der Waals surface area contributed by atoms with Crippen molar-refractivity contribution in [2.45, 2.75) is 20.1 Å². The summed E-state index contributed by atoms with van der Waals surface area (Å²) < 4.78 is 27.1. The summed E-state index contributed by atoms with van der Waals surface area (Å²) in [6, 6.07) is 0. The first-order valence-corrected chi connectivity index (χ1v) is 5.16. The van der Waals surface area contributed by atoms with E-state index in [2.05, 4.69) is 14.3 Å². The molecule has 0 atom stereocenters. The molecule has 0 aliphatic carbocycles. The fourth-order valence-electron chi connectivity index (χ4n) is 0.896. The Hall–Kier alpha value is -0.920. The third kappa shape index (κ3) is 3.13. The van der Waals surface area contributed by atoms with Crippen molar-refractivity contribution < 1.29 is 12.6 Å². The van der Waals surface area contributed by atoms with Crippen LogP contribution in [0.3, 0.4) is 0 Å². The molecule has 0 aliphatic rings. The lowest BCUT2D eigenvalue weighted by Crippen LogP contribution is -2.16. The Balaban J connectivity index is 2.64. The topological polar surface area (TPSA) is 87.2 Å². The van der Waals surface area contributed by atoms with Crippen molar-refractivity contribution in [3.63, 3.8) is 0 Å². The molecule has 2 N–H and O–H groups in total. The Morgan fingerprint density at radius 1 is 1.69 bits per heavy atom. The summed E-state index contributed by atoms with van der Waals surface area (Å²) in [5, 5.41) is 4.66. The molecule has 0 fully saturated rings. The summed E-state index contributed by atoms with van der Waals surface area (Å²) in [5.41, 5.74) is 0.677. The van der Waals surface area contributed by atoms with Gasteiger partial charge in [0.1, 0.15) is 6.61 Å². The van der Waals surface area contributed by atoms with Gasteiger partial charge >= 0.3 is 10.3 Å². The van der Waals surface area contributed by atoms with Crippen LogP contribution in [-0.2, 0) is 27.6 Å². The summed E-state index contributed by atoms with van der Waals surface area (Å²) in [6.07, 6.45) is 3.14. The van der Waals surface area contributed by atoms with Gasteiger partial charge in [0.25, 0.3) is 0 Å². The number of hydrogen-bond acceptors (Lipinski definition) is 4. The lowest BCUT2D eigenvalue weighted by molar-refractivity contribution is 0.298. The normalized spacial score (nSPS) is 11.8. The van der Waals surface area contributed by atoms with Crippen LogP contribution in [0.15, 0.2) is 12.5 Å². The largest absolute Gasteiger partial charge is 0.333 e. The van der Waals surface area contributed by atoms with Gasteiger partial charge in [-0.05, 0) is 6.92 Å². The SMILES string of the molecule is CCn1cncc1COS(N)(=O)=O. The van der Waals surface area contributed by atoms with Crippen molar-refractivity contribution in [1.29, 1.82) is 0 Å². The Morgan fingerprint density at radius 3 is 2.92 bits per heavy atom. The van der Waals surface area contributed by atoms with Gasteiger partial charge in [-0.25, -0.2) is 10.1 Å². The molecule has 0 unspecified atom stereocenters. The van der Waals surface area contributed by atoms with Crippen LogP contribution in [0.5, 0.6) is 0 Å². The van der Waals surface area contributed by atoms with E-state index in [1.54, 1.807) is 10.9 Å². The van der Waals surface area contributed by atoms with E-state index < -0.39 is 10.3 Å². The maximum absolute atomic E-state index is 10.5. The third-order valence-corrected chi connectivity index (χ3v) is 1.96. The van der Waals surface area contributed by atoms with Gasteiger partial charge in [-0.3, -0.25) is 4.18 Å². The molecular formula is C6H11N3O3S. The van der Waals surface area contributed by atoms with Gasteiger partial charge in [0.2, 0.25) is 0 Å². The number of hydrogen-bond donors (Lipinski definition) is 1. The molecule has 1 heterocycles. The summed E-state index contributed by atoms with van der Waals surface area (Å²) >= 11 is 0. The molecule has 0 saturated heterocycles. The van der Waals surface area contributed by atoms with Crippen molar-refractivity contribution in [2.75, 3.05) is 0 Å². The molecule has 0 amide bonds. The maximum atomic E-state index is 10.5. The highest BCUT2D eigenvalue weighted by molar-refractivity contribution is 7.84. The predicted octanol–water partition coefficient (Wildman–Crippen LogP) is -0.377. The van der Waals surface area contributed by atoms with Crippen LogP contribution in [-0.4, -0.2) is 18.0 Å². The number of aryl methyl sites for hydroxylation is 1. The van der Waals surface area contributed by atoms with E-state index in [1.807, 2.05) is 6.92 Å². The first kappa shape index (κ1) is 10.2. The minimum Gasteiger partial charge on any atom is -0.333 e. The van der Waals surface area contributed by atoms with Gasteiger partial charge in [-0.1, -0.05) is 0 Å². The van der Waals surface area contributed by atoms with Crippen LogP contribution < -0.4 is 5.14 Å². The van der Waals surface area contributed by atoms with E-state index >= 15 is 0 Å². The molecule has 7 heteroatoms. The highest BCUT2D eigenvalue weighted by Gasteiger charge is 2.06. The molecule has 6 nitrogen and oxygen atoms in total. The van der Waals surface area contributed by atoms with Crippen LogP contribution >= 0.6 is 0 Å². The highest BCUT2D eigenvalue weighted by Crippen LogP contribution is 2.02. The van der Waals surface area contributed by atoms with Crippen molar-refractivity contribution >= 4 is 10.3 Å². The molecule has 0 aromatic carbocycles. The van der Waals surface area contributed by atoms with E-state index in [1.165, 1.54) is 6.20 Å². The molecule has 1 aromatic heterocycles. The summed E-state index contributed by atoms with van der Waals surface area (Å²) in [4.78, 5) is 3.84. The Bertz CT molecular complexity index is 370. The van der Waals surface area contributed by atoms with Gasteiger partial charge < -0.3 is 4.57 Å². The molecule has 1 rings (SSSR count). The number of rotatable bonds is 4. The number of nitrogens with two attached hydrogens (primary N) is 1. The molecule has 0 bridgehead atoms. The number of nitrogens with zero attached hydrogens (tertiary/aromatic N) is 2. The standard InChI is InChI=1S/C6H11N3O3S/c1-2-9-5-8-3-6(9)4-12-13(7,10)11/h3,5H,2,4H2,1H3,(H2,7,10,11). The summed E-state index contributed by atoms with van der Waals surface area (Å²) in [5.74, 6) is 0. The fraction of sp³-hybridized carbons (Fsp3) is 0.500. The fourth-order valence-corrected chi connectivity index (χ4v) is 1.18. The maximum Gasteiger partial charge on any atom is 0.333 e. The van der Waals surface area contributed by atoms with Crippen LogP contribution in [0.25, 0.3) is 0 Å². The molecule has 74 valence electrons. The van der Waals surface area contributed by atoms with Gasteiger partial charge in [0.15, 0.2) is 0 Å². The van der Waals surface area contributed by atoms with Crippen molar-refractivity contribution in [3.8, 4) is 0 Å². The number of aromatic nitrogens is 2. The molecule has 0 radical (unpaired) electrons. The van der Waals surface area contributed by atoms with Crippen molar-refractivity contribution in [2.24, 2.45) is 5.14 Å². The quantitative estimate of drug-likeness (QED) is 0.726. The molecule has 0 spiro atoms. The Morgan fingerprint density at radius 2 is 2.38 bits per heavy atom. The van der Waals surface area contributed by atoms with Gasteiger partial charge in [-0.15, -0.1) is 0 Å². The lowest BCUT2D eigenvalue weighted by Gasteiger charge is -2.03. The van der Waals surface area contributed by atoms with Crippen LogP contribution in [0.1, 0.15) is 12.6 Å². The van der Waals surface area contributed by atoms with Gasteiger partial charge in [0.05, 0.1) is 18.2 Å². The van der Waals surface area contributed by atoms with E-state index in [-0.39, 0.29) is 6.61 Å².